The van der Waals surface area contributed by atoms with Crippen molar-refractivity contribution in [3.63, 3.8) is 0 Å². The summed E-state index contributed by atoms with van der Waals surface area (Å²) in [6.07, 6.45) is 3.82. The van der Waals surface area contributed by atoms with Gasteiger partial charge in [-0.15, -0.1) is 0 Å². The maximum Gasteiger partial charge on any atom is 0.255 e. The molecule has 0 aliphatic rings. The third-order valence-corrected chi connectivity index (χ3v) is 5.61. The van der Waals surface area contributed by atoms with Crippen LogP contribution in [0.5, 0.6) is 0 Å². The van der Waals surface area contributed by atoms with Gasteiger partial charge in [0.05, 0.1) is 28.2 Å². The predicted octanol–water partition coefficient (Wildman–Crippen LogP) is 6.72. The van der Waals surface area contributed by atoms with Gasteiger partial charge in [0.2, 0.25) is 0 Å². The molecule has 2 aromatic carbocycles. The highest BCUT2D eigenvalue weighted by molar-refractivity contribution is 6.35. The summed E-state index contributed by atoms with van der Waals surface area (Å²) in [5.41, 5.74) is 1.85. The number of rotatable bonds is 9. The number of unbranched alkanes of at least 4 members (excludes halogenated alkanes) is 2. The molecule has 0 fully saturated rings. The first kappa shape index (κ1) is 22.6. The normalized spacial score (nSPS) is 11.2. The lowest BCUT2D eigenvalue weighted by atomic mass is 10.1. The average Bonchev–Trinajstić information content (AvgIpc) is 3.05. The van der Waals surface area contributed by atoms with Gasteiger partial charge < -0.3 is 9.47 Å². The Morgan fingerprint density at radius 3 is 2.63 bits per heavy atom. The van der Waals surface area contributed by atoms with E-state index in [0.717, 1.165) is 42.5 Å². The summed E-state index contributed by atoms with van der Waals surface area (Å²) < 4.78 is 15.8. The molecule has 0 spiro atoms. The first-order chi connectivity index (χ1) is 14.4. The van der Waals surface area contributed by atoms with Gasteiger partial charge in [0.25, 0.3) is 5.91 Å². The molecule has 0 saturated carbocycles. The molecular formula is C23H26Cl2FN3O. The SMILES string of the molecule is CCCCCN(Cc1nc2ccc(F)cc2n1CCC)C(=O)c1cc(Cl)ccc1Cl. The van der Waals surface area contributed by atoms with Crippen LogP contribution in [0, 0.1) is 5.82 Å². The number of benzene rings is 2. The molecule has 1 amide bonds. The second kappa shape index (κ2) is 10.3. The van der Waals surface area contributed by atoms with Crippen molar-refractivity contribution in [3.8, 4) is 0 Å². The molecule has 1 heterocycles. The highest BCUT2D eigenvalue weighted by atomic mass is 35.5. The van der Waals surface area contributed by atoms with E-state index in [-0.39, 0.29) is 11.7 Å². The number of nitrogens with zero attached hydrogens (tertiary/aromatic N) is 3. The summed E-state index contributed by atoms with van der Waals surface area (Å²) in [6, 6.07) is 9.48. The van der Waals surface area contributed by atoms with E-state index in [4.69, 9.17) is 28.2 Å². The number of fused-ring (bicyclic) bond motifs is 1. The highest BCUT2D eigenvalue weighted by Gasteiger charge is 2.22. The average molecular weight is 450 g/mol. The summed E-state index contributed by atoms with van der Waals surface area (Å²) in [5, 5.41) is 0.832. The standard InChI is InChI=1S/C23H26Cl2FN3O/c1-3-5-6-12-28(23(30)18-13-16(24)7-9-19(18)25)15-22-27-20-10-8-17(26)14-21(20)29(22)11-4-2/h7-10,13-14H,3-6,11-12,15H2,1-2H3. The fraction of sp³-hybridized carbons (Fsp3) is 0.391. The van der Waals surface area contributed by atoms with Gasteiger partial charge in [-0.1, -0.05) is 49.9 Å². The zero-order valence-corrected chi connectivity index (χ0v) is 18.8. The first-order valence-electron chi connectivity index (χ1n) is 10.3. The zero-order chi connectivity index (χ0) is 21.7. The Morgan fingerprint density at radius 1 is 1.10 bits per heavy atom. The third kappa shape index (κ3) is 5.13. The van der Waals surface area contributed by atoms with Crippen LogP contribution >= 0.6 is 23.2 Å². The zero-order valence-electron chi connectivity index (χ0n) is 17.3. The van der Waals surface area contributed by atoms with Gasteiger partial charge in [0.15, 0.2) is 0 Å². The number of halogens is 3. The summed E-state index contributed by atoms with van der Waals surface area (Å²) >= 11 is 12.4. The third-order valence-electron chi connectivity index (χ3n) is 5.05. The van der Waals surface area contributed by atoms with Crippen LogP contribution in [-0.2, 0) is 13.1 Å². The Labute approximate surface area is 186 Å². The van der Waals surface area contributed by atoms with Crippen molar-refractivity contribution in [1.29, 1.82) is 0 Å². The quantitative estimate of drug-likeness (QED) is 0.339. The van der Waals surface area contributed by atoms with E-state index in [9.17, 15) is 9.18 Å². The molecule has 0 N–H and O–H groups in total. The van der Waals surface area contributed by atoms with Gasteiger partial charge in [-0.3, -0.25) is 4.79 Å². The van der Waals surface area contributed by atoms with Crippen LogP contribution in [0.3, 0.4) is 0 Å². The van der Waals surface area contributed by atoms with Gasteiger partial charge in [0.1, 0.15) is 11.6 Å². The molecule has 0 bridgehead atoms. The summed E-state index contributed by atoms with van der Waals surface area (Å²) in [4.78, 5) is 19.8. The minimum absolute atomic E-state index is 0.181. The maximum absolute atomic E-state index is 13.8. The van der Waals surface area contributed by atoms with Crippen molar-refractivity contribution < 1.29 is 9.18 Å². The molecule has 0 atom stereocenters. The van der Waals surface area contributed by atoms with E-state index in [0.29, 0.717) is 35.2 Å². The van der Waals surface area contributed by atoms with Gasteiger partial charge in [-0.2, -0.15) is 0 Å². The molecule has 30 heavy (non-hydrogen) atoms. The van der Waals surface area contributed by atoms with Crippen LogP contribution in [0.25, 0.3) is 11.0 Å². The number of carbonyl (C=O) groups is 1. The number of aryl methyl sites for hydroxylation is 1. The second-order valence-corrected chi connectivity index (χ2v) is 8.21. The maximum atomic E-state index is 13.8. The molecule has 0 radical (unpaired) electrons. The van der Waals surface area contributed by atoms with E-state index < -0.39 is 0 Å². The molecule has 3 rings (SSSR count). The number of imidazole rings is 1. The van der Waals surface area contributed by atoms with Crippen molar-refractivity contribution in [3.05, 3.63) is 63.6 Å². The molecule has 0 saturated heterocycles. The fourth-order valence-corrected chi connectivity index (χ4v) is 3.92. The Balaban J connectivity index is 1.98. The Bertz CT molecular complexity index is 1030. The second-order valence-electron chi connectivity index (χ2n) is 7.37. The summed E-state index contributed by atoms with van der Waals surface area (Å²) in [7, 11) is 0. The van der Waals surface area contributed by atoms with Crippen LogP contribution in [0.4, 0.5) is 4.39 Å². The molecule has 160 valence electrons. The number of aromatic nitrogens is 2. The van der Waals surface area contributed by atoms with Crippen molar-refractivity contribution in [2.75, 3.05) is 6.54 Å². The largest absolute Gasteiger partial charge is 0.331 e. The molecule has 3 aromatic rings. The van der Waals surface area contributed by atoms with Crippen LogP contribution in [0.15, 0.2) is 36.4 Å². The Morgan fingerprint density at radius 2 is 1.90 bits per heavy atom. The fourth-order valence-electron chi connectivity index (χ4n) is 3.55. The molecule has 7 heteroatoms. The van der Waals surface area contributed by atoms with Crippen LogP contribution in [-0.4, -0.2) is 26.9 Å². The van der Waals surface area contributed by atoms with Crippen molar-refractivity contribution in [2.24, 2.45) is 0 Å². The van der Waals surface area contributed by atoms with Gasteiger partial charge in [-0.25, -0.2) is 9.37 Å². The van der Waals surface area contributed by atoms with Crippen LogP contribution in [0.1, 0.15) is 55.7 Å². The molecule has 0 aliphatic heterocycles. The lowest BCUT2D eigenvalue weighted by Crippen LogP contribution is -2.33. The molecule has 0 aliphatic carbocycles. The van der Waals surface area contributed by atoms with Gasteiger partial charge in [-0.05, 0) is 49.2 Å². The lowest BCUT2D eigenvalue weighted by molar-refractivity contribution is 0.0734. The summed E-state index contributed by atoms with van der Waals surface area (Å²) in [6.45, 7) is 5.78. The first-order valence-corrected chi connectivity index (χ1v) is 11.1. The van der Waals surface area contributed by atoms with E-state index >= 15 is 0 Å². The minimum Gasteiger partial charge on any atom is -0.331 e. The number of hydrogen-bond donors (Lipinski definition) is 0. The smallest absolute Gasteiger partial charge is 0.255 e. The molecule has 0 unspecified atom stereocenters. The Hall–Kier alpha value is -2.11. The van der Waals surface area contributed by atoms with E-state index in [2.05, 4.69) is 13.8 Å². The predicted molar refractivity (Wildman–Crippen MR) is 121 cm³/mol. The van der Waals surface area contributed by atoms with E-state index in [1.807, 2.05) is 4.57 Å². The van der Waals surface area contributed by atoms with Crippen molar-refractivity contribution in [2.45, 2.75) is 52.6 Å². The van der Waals surface area contributed by atoms with Crippen molar-refractivity contribution in [1.82, 2.24) is 14.5 Å². The molecule has 4 nitrogen and oxygen atoms in total. The highest BCUT2D eigenvalue weighted by Crippen LogP contribution is 2.24. The van der Waals surface area contributed by atoms with E-state index in [1.54, 1.807) is 29.2 Å². The number of hydrogen-bond acceptors (Lipinski definition) is 2. The Kier molecular flexibility index (Phi) is 7.73. The minimum atomic E-state index is -0.298. The number of carbonyl (C=O) groups excluding carboxylic acids is 1. The van der Waals surface area contributed by atoms with E-state index in [1.165, 1.54) is 12.1 Å². The monoisotopic (exact) mass is 449 g/mol. The van der Waals surface area contributed by atoms with Gasteiger partial charge >= 0.3 is 0 Å². The number of amides is 1. The van der Waals surface area contributed by atoms with Crippen LogP contribution in [0.2, 0.25) is 10.0 Å². The topological polar surface area (TPSA) is 38.1 Å². The van der Waals surface area contributed by atoms with Crippen molar-refractivity contribution >= 4 is 40.1 Å². The molecule has 1 aromatic heterocycles. The van der Waals surface area contributed by atoms with Gasteiger partial charge in [0, 0.05) is 18.1 Å². The van der Waals surface area contributed by atoms with Crippen LogP contribution < -0.4 is 0 Å². The lowest BCUT2D eigenvalue weighted by Gasteiger charge is -2.23. The molecular weight excluding hydrogens is 424 g/mol. The summed E-state index contributed by atoms with van der Waals surface area (Å²) in [5.74, 6) is 0.258.